The normalized spacial score (nSPS) is 10.9. The first kappa shape index (κ1) is 16.7. The Kier molecular flexibility index (Phi) is 5.27. The summed E-state index contributed by atoms with van der Waals surface area (Å²) in [5, 5.41) is 3.51. The summed E-state index contributed by atoms with van der Waals surface area (Å²) in [4.78, 5) is 24.9. The molecule has 0 unspecified atom stereocenters. The average molecular weight is 363 g/mol. The third kappa shape index (κ3) is 4.01. The SMILES string of the molecule is O=C(Cn1c(=O)oc2ccccc21)NCCSc1ccc(Cl)cc1. The Bertz CT molecular complexity index is 902. The minimum Gasteiger partial charge on any atom is -0.408 e. The Labute approximate surface area is 147 Å². The summed E-state index contributed by atoms with van der Waals surface area (Å²) in [6.45, 7) is 0.456. The molecular weight excluding hydrogens is 348 g/mol. The first-order valence-electron chi connectivity index (χ1n) is 7.37. The van der Waals surface area contributed by atoms with Gasteiger partial charge in [-0.05, 0) is 36.4 Å². The summed E-state index contributed by atoms with van der Waals surface area (Å²) in [7, 11) is 0. The molecule has 0 saturated carbocycles. The van der Waals surface area contributed by atoms with Gasteiger partial charge in [0.25, 0.3) is 0 Å². The maximum Gasteiger partial charge on any atom is 0.420 e. The number of rotatable bonds is 6. The summed E-state index contributed by atoms with van der Waals surface area (Å²) in [5.41, 5.74) is 1.10. The number of amides is 1. The van der Waals surface area contributed by atoms with Gasteiger partial charge in [0.1, 0.15) is 6.54 Å². The third-order valence-electron chi connectivity index (χ3n) is 3.38. The standard InChI is InChI=1S/C17H15ClN2O3S/c18-12-5-7-13(8-6-12)24-10-9-19-16(21)11-20-14-3-1-2-4-15(14)23-17(20)22/h1-8H,9-11H2,(H,19,21). The lowest BCUT2D eigenvalue weighted by atomic mass is 10.3. The molecule has 0 atom stereocenters. The maximum absolute atomic E-state index is 12.0. The number of nitrogens with one attached hydrogen (secondary N) is 1. The van der Waals surface area contributed by atoms with Crippen LogP contribution < -0.4 is 11.1 Å². The van der Waals surface area contributed by atoms with Gasteiger partial charge in [0.2, 0.25) is 5.91 Å². The summed E-state index contributed by atoms with van der Waals surface area (Å²) in [6, 6.07) is 14.6. The molecule has 0 spiro atoms. The third-order valence-corrected chi connectivity index (χ3v) is 4.65. The Hall–Kier alpha value is -2.18. The number of para-hydroxylation sites is 2. The predicted molar refractivity (Wildman–Crippen MR) is 95.7 cm³/mol. The van der Waals surface area contributed by atoms with Crippen molar-refractivity contribution in [3.8, 4) is 0 Å². The number of benzene rings is 2. The van der Waals surface area contributed by atoms with Crippen molar-refractivity contribution in [1.82, 2.24) is 9.88 Å². The van der Waals surface area contributed by atoms with E-state index in [1.54, 1.807) is 36.0 Å². The zero-order valence-corrected chi connectivity index (χ0v) is 14.3. The van der Waals surface area contributed by atoms with Crippen molar-refractivity contribution in [2.45, 2.75) is 11.4 Å². The Morgan fingerprint density at radius 2 is 1.92 bits per heavy atom. The highest BCUT2D eigenvalue weighted by molar-refractivity contribution is 7.99. The van der Waals surface area contributed by atoms with Gasteiger partial charge in [-0.25, -0.2) is 4.79 Å². The molecule has 1 aromatic heterocycles. The van der Waals surface area contributed by atoms with Crippen molar-refractivity contribution in [1.29, 1.82) is 0 Å². The molecule has 3 aromatic rings. The van der Waals surface area contributed by atoms with Crippen molar-refractivity contribution in [2.75, 3.05) is 12.3 Å². The number of oxazole rings is 1. The van der Waals surface area contributed by atoms with E-state index in [-0.39, 0.29) is 12.5 Å². The van der Waals surface area contributed by atoms with Crippen LogP contribution in [-0.4, -0.2) is 22.8 Å². The monoisotopic (exact) mass is 362 g/mol. The van der Waals surface area contributed by atoms with Crippen LogP contribution in [0, 0.1) is 0 Å². The lowest BCUT2D eigenvalue weighted by Gasteiger charge is -2.06. The van der Waals surface area contributed by atoms with E-state index >= 15 is 0 Å². The summed E-state index contributed by atoms with van der Waals surface area (Å²) in [6.07, 6.45) is 0. The quantitative estimate of drug-likeness (QED) is 0.540. The number of carbonyl (C=O) groups is 1. The first-order valence-corrected chi connectivity index (χ1v) is 8.73. The van der Waals surface area contributed by atoms with E-state index in [0.717, 1.165) is 10.6 Å². The summed E-state index contributed by atoms with van der Waals surface area (Å²) >= 11 is 7.46. The van der Waals surface area contributed by atoms with Gasteiger partial charge in [0.05, 0.1) is 5.52 Å². The van der Waals surface area contributed by atoms with Crippen molar-refractivity contribution in [3.63, 3.8) is 0 Å². The van der Waals surface area contributed by atoms with E-state index in [0.29, 0.717) is 22.7 Å². The van der Waals surface area contributed by atoms with Crippen molar-refractivity contribution in [3.05, 3.63) is 64.1 Å². The van der Waals surface area contributed by atoms with Crippen molar-refractivity contribution >= 4 is 40.4 Å². The van der Waals surface area contributed by atoms with E-state index < -0.39 is 5.76 Å². The molecule has 1 heterocycles. The molecule has 0 aliphatic carbocycles. The van der Waals surface area contributed by atoms with Gasteiger partial charge in [-0.15, -0.1) is 11.8 Å². The molecule has 0 radical (unpaired) electrons. The molecule has 124 valence electrons. The smallest absolute Gasteiger partial charge is 0.408 e. The van der Waals surface area contributed by atoms with Crippen LogP contribution in [0.3, 0.4) is 0 Å². The second-order valence-electron chi connectivity index (χ2n) is 5.07. The van der Waals surface area contributed by atoms with Crippen LogP contribution in [0.4, 0.5) is 0 Å². The molecule has 1 amide bonds. The fourth-order valence-electron chi connectivity index (χ4n) is 2.25. The van der Waals surface area contributed by atoms with Gasteiger partial charge in [-0.2, -0.15) is 0 Å². The number of hydrogen-bond donors (Lipinski definition) is 1. The van der Waals surface area contributed by atoms with E-state index in [1.807, 2.05) is 24.3 Å². The minimum atomic E-state index is -0.526. The average Bonchev–Trinajstić information content (AvgIpc) is 2.89. The van der Waals surface area contributed by atoms with Crippen molar-refractivity contribution < 1.29 is 9.21 Å². The van der Waals surface area contributed by atoms with Crippen LogP contribution in [-0.2, 0) is 11.3 Å². The highest BCUT2D eigenvalue weighted by Crippen LogP contribution is 2.19. The van der Waals surface area contributed by atoms with Crippen LogP contribution in [0.1, 0.15) is 0 Å². The Balaban J connectivity index is 1.51. The molecular formula is C17H15ClN2O3S. The molecule has 0 fully saturated rings. The minimum absolute atomic E-state index is 0.0541. The van der Waals surface area contributed by atoms with Gasteiger partial charge in [-0.1, -0.05) is 23.7 Å². The Morgan fingerprint density at radius 3 is 2.71 bits per heavy atom. The maximum atomic E-state index is 12.0. The molecule has 3 rings (SSSR count). The zero-order chi connectivity index (χ0) is 16.9. The van der Waals surface area contributed by atoms with Gasteiger partial charge >= 0.3 is 5.76 Å². The highest BCUT2D eigenvalue weighted by Gasteiger charge is 2.11. The van der Waals surface area contributed by atoms with E-state index in [4.69, 9.17) is 16.0 Å². The number of thioether (sulfide) groups is 1. The molecule has 5 nitrogen and oxygen atoms in total. The summed E-state index contributed by atoms with van der Waals surface area (Å²) < 4.78 is 6.44. The van der Waals surface area contributed by atoms with Crippen molar-refractivity contribution in [2.24, 2.45) is 0 Å². The van der Waals surface area contributed by atoms with Gasteiger partial charge in [0, 0.05) is 22.2 Å². The predicted octanol–water partition coefficient (Wildman–Crippen LogP) is 3.16. The van der Waals surface area contributed by atoms with Crippen LogP contribution in [0.15, 0.2) is 62.6 Å². The topological polar surface area (TPSA) is 64.2 Å². The molecule has 0 saturated heterocycles. The molecule has 2 aromatic carbocycles. The van der Waals surface area contributed by atoms with E-state index in [1.165, 1.54) is 4.57 Å². The van der Waals surface area contributed by atoms with Gasteiger partial charge < -0.3 is 9.73 Å². The number of hydrogen-bond acceptors (Lipinski definition) is 4. The number of aromatic nitrogens is 1. The number of carbonyl (C=O) groups excluding carboxylic acids is 1. The first-order chi connectivity index (χ1) is 11.6. The highest BCUT2D eigenvalue weighted by atomic mass is 35.5. The van der Waals surface area contributed by atoms with Crippen LogP contribution in [0.25, 0.3) is 11.1 Å². The Morgan fingerprint density at radius 1 is 1.17 bits per heavy atom. The van der Waals surface area contributed by atoms with E-state index in [9.17, 15) is 9.59 Å². The molecule has 1 N–H and O–H groups in total. The molecule has 0 bridgehead atoms. The lowest BCUT2D eigenvalue weighted by Crippen LogP contribution is -2.32. The number of nitrogens with zero attached hydrogens (tertiary/aromatic N) is 1. The fourth-order valence-corrected chi connectivity index (χ4v) is 3.15. The second kappa shape index (κ2) is 7.59. The summed E-state index contributed by atoms with van der Waals surface area (Å²) in [5.74, 6) is -0.0174. The molecule has 7 heteroatoms. The van der Waals surface area contributed by atoms with Crippen LogP contribution >= 0.6 is 23.4 Å². The number of fused-ring (bicyclic) bond motifs is 1. The van der Waals surface area contributed by atoms with E-state index in [2.05, 4.69) is 5.32 Å². The lowest BCUT2D eigenvalue weighted by molar-refractivity contribution is -0.121. The fraction of sp³-hybridized carbons (Fsp3) is 0.176. The zero-order valence-electron chi connectivity index (χ0n) is 12.7. The van der Waals surface area contributed by atoms with Crippen LogP contribution in [0.2, 0.25) is 5.02 Å². The largest absolute Gasteiger partial charge is 0.420 e. The molecule has 0 aliphatic heterocycles. The molecule has 0 aliphatic rings. The van der Waals surface area contributed by atoms with Gasteiger partial charge in [0.15, 0.2) is 5.58 Å². The van der Waals surface area contributed by atoms with Crippen LogP contribution in [0.5, 0.6) is 0 Å². The van der Waals surface area contributed by atoms with Gasteiger partial charge in [-0.3, -0.25) is 9.36 Å². The molecule has 24 heavy (non-hydrogen) atoms. The number of halogens is 1. The second-order valence-corrected chi connectivity index (χ2v) is 6.68.